The Hall–Kier alpha value is -3.61. The normalized spacial score (nSPS) is 11.4. The second kappa shape index (κ2) is 6.12. The lowest BCUT2D eigenvalue weighted by atomic mass is 10.1. The molecule has 0 atom stereocenters. The predicted molar refractivity (Wildman–Crippen MR) is 95.2 cm³/mol. The average molecular weight is 330 g/mol. The van der Waals surface area contributed by atoms with E-state index in [1.165, 1.54) is 0 Å². The van der Waals surface area contributed by atoms with Crippen LogP contribution in [0.3, 0.4) is 0 Å². The number of aromatic amines is 1. The summed E-state index contributed by atoms with van der Waals surface area (Å²) in [6, 6.07) is 15.0. The lowest BCUT2D eigenvalue weighted by Gasteiger charge is -2.13. The van der Waals surface area contributed by atoms with E-state index in [-0.39, 0.29) is 5.56 Å². The lowest BCUT2D eigenvalue weighted by Crippen LogP contribution is -2.23. The van der Waals surface area contributed by atoms with Crippen molar-refractivity contribution in [2.45, 2.75) is 6.92 Å². The molecule has 2 aromatic carbocycles. The molecule has 2 aromatic heterocycles. The Morgan fingerprint density at radius 2 is 1.84 bits per heavy atom. The number of nitrogens with one attached hydrogen (secondary N) is 1. The van der Waals surface area contributed by atoms with E-state index in [4.69, 9.17) is 0 Å². The Labute approximate surface area is 142 Å². The van der Waals surface area contributed by atoms with Crippen molar-refractivity contribution in [2.24, 2.45) is 0 Å². The van der Waals surface area contributed by atoms with Crippen LogP contribution in [0.2, 0.25) is 0 Å². The molecule has 2 heterocycles. The van der Waals surface area contributed by atoms with Crippen LogP contribution >= 0.6 is 0 Å². The fourth-order valence-corrected chi connectivity index (χ4v) is 2.70. The molecule has 0 saturated heterocycles. The molecular weight excluding hydrogens is 316 g/mol. The first-order valence-electron chi connectivity index (χ1n) is 7.73. The number of hydrogen-bond acceptors (Lipinski definition) is 5. The summed E-state index contributed by atoms with van der Waals surface area (Å²) >= 11 is 0. The highest BCUT2D eigenvalue weighted by Gasteiger charge is 2.12. The zero-order valence-corrected chi connectivity index (χ0v) is 13.4. The van der Waals surface area contributed by atoms with Gasteiger partial charge in [-0.1, -0.05) is 30.3 Å². The van der Waals surface area contributed by atoms with Gasteiger partial charge in [-0.25, -0.2) is 4.98 Å². The number of tetrazole rings is 1. The molecule has 122 valence electrons. The van der Waals surface area contributed by atoms with Crippen molar-refractivity contribution in [3.63, 3.8) is 0 Å². The van der Waals surface area contributed by atoms with Gasteiger partial charge in [0.2, 0.25) is 0 Å². The van der Waals surface area contributed by atoms with Crippen LogP contribution in [-0.2, 0) is 0 Å². The van der Waals surface area contributed by atoms with E-state index in [1.54, 1.807) is 22.8 Å². The summed E-state index contributed by atoms with van der Waals surface area (Å²) < 4.78 is 1.61. The van der Waals surface area contributed by atoms with Gasteiger partial charge in [0.25, 0.3) is 5.56 Å². The van der Waals surface area contributed by atoms with E-state index in [1.807, 2.05) is 49.4 Å². The minimum atomic E-state index is -0.118. The number of H-pyrrole nitrogens is 1. The van der Waals surface area contributed by atoms with Crippen molar-refractivity contribution in [3.05, 3.63) is 76.1 Å². The second-order valence-corrected chi connectivity index (χ2v) is 5.52. The molecule has 0 radical (unpaired) electrons. The Kier molecular flexibility index (Phi) is 3.66. The maximum Gasteiger partial charge on any atom is 0.266 e. The van der Waals surface area contributed by atoms with Gasteiger partial charge >= 0.3 is 0 Å². The maximum absolute atomic E-state index is 13.1. The van der Waals surface area contributed by atoms with E-state index in [0.29, 0.717) is 22.6 Å². The first-order chi connectivity index (χ1) is 12.2. The number of aryl methyl sites for hydroxylation is 1. The summed E-state index contributed by atoms with van der Waals surface area (Å²) in [6.07, 6.45) is 3.37. The van der Waals surface area contributed by atoms with Crippen LogP contribution in [0.15, 0.2) is 53.3 Å². The molecule has 0 spiro atoms. The number of fused-ring (bicyclic) bond motifs is 1. The van der Waals surface area contributed by atoms with Gasteiger partial charge in [-0.15, -0.1) is 10.2 Å². The molecule has 0 aliphatic heterocycles. The third-order valence-electron chi connectivity index (χ3n) is 3.90. The molecule has 1 N–H and O–H groups in total. The first-order valence-corrected chi connectivity index (χ1v) is 7.73. The summed E-state index contributed by atoms with van der Waals surface area (Å²) in [7, 11) is 0. The highest BCUT2D eigenvalue weighted by atomic mass is 16.1. The van der Waals surface area contributed by atoms with E-state index < -0.39 is 0 Å². The van der Waals surface area contributed by atoms with E-state index in [2.05, 4.69) is 25.6 Å². The Bertz CT molecular complexity index is 1130. The third kappa shape index (κ3) is 2.72. The Balaban J connectivity index is 2.01. The zero-order valence-electron chi connectivity index (χ0n) is 13.4. The number of para-hydroxylation sites is 2. The van der Waals surface area contributed by atoms with Crippen molar-refractivity contribution in [2.75, 3.05) is 0 Å². The molecule has 0 aliphatic carbocycles. The quantitative estimate of drug-likeness (QED) is 0.623. The molecule has 4 rings (SSSR count). The first kappa shape index (κ1) is 14.9. The van der Waals surface area contributed by atoms with Gasteiger partial charge in [-0.3, -0.25) is 9.36 Å². The molecule has 4 aromatic rings. The van der Waals surface area contributed by atoms with Gasteiger partial charge in [0.1, 0.15) is 5.82 Å². The van der Waals surface area contributed by atoms with Crippen LogP contribution in [0.4, 0.5) is 0 Å². The van der Waals surface area contributed by atoms with Crippen molar-refractivity contribution in [3.8, 4) is 5.69 Å². The molecule has 0 bridgehead atoms. The number of benzene rings is 2. The molecule has 0 unspecified atom stereocenters. The molecule has 25 heavy (non-hydrogen) atoms. The van der Waals surface area contributed by atoms with Crippen LogP contribution in [0, 0.1) is 6.92 Å². The maximum atomic E-state index is 13.1. The van der Waals surface area contributed by atoms with Gasteiger partial charge in [0, 0.05) is 0 Å². The van der Waals surface area contributed by atoms with Crippen LogP contribution in [0.1, 0.15) is 17.2 Å². The monoisotopic (exact) mass is 330 g/mol. The SMILES string of the molecule is Cc1ccccc1-n1c(/C=C/c2nn[nH]n2)nc2ccccc2c1=O. The highest BCUT2D eigenvalue weighted by Crippen LogP contribution is 2.17. The molecule has 7 nitrogen and oxygen atoms in total. The second-order valence-electron chi connectivity index (χ2n) is 5.52. The van der Waals surface area contributed by atoms with Crippen molar-refractivity contribution in [1.29, 1.82) is 0 Å². The number of nitrogens with zero attached hydrogens (tertiary/aromatic N) is 5. The number of rotatable bonds is 3. The lowest BCUT2D eigenvalue weighted by molar-refractivity contribution is 0.881. The van der Waals surface area contributed by atoms with Gasteiger partial charge in [-0.05, 0) is 48.1 Å². The zero-order chi connectivity index (χ0) is 17.2. The van der Waals surface area contributed by atoms with Crippen LogP contribution in [0.5, 0.6) is 0 Å². The van der Waals surface area contributed by atoms with Gasteiger partial charge < -0.3 is 0 Å². The third-order valence-corrected chi connectivity index (χ3v) is 3.90. The van der Waals surface area contributed by atoms with Gasteiger partial charge in [0.05, 0.1) is 16.6 Å². The Morgan fingerprint density at radius 3 is 2.64 bits per heavy atom. The van der Waals surface area contributed by atoms with Crippen LogP contribution in [-0.4, -0.2) is 30.2 Å². The summed E-state index contributed by atoms with van der Waals surface area (Å²) in [4.78, 5) is 17.7. The van der Waals surface area contributed by atoms with Crippen LogP contribution < -0.4 is 5.56 Å². The fraction of sp³-hybridized carbons (Fsp3) is 0.0556. The minimum absolute atomic E-state index is 0.118. The smallest absolute Gasteiger partial charge is 0.266 e. The van der Waals surface area contributed by atoms with Crippen molar-refractivity contribution >= 4 is 23.1 Å². The van der Waals surface area contributed by atoms with Gasteiger partial charge in [-0.2, -0.15) is 5.21 Å². The molecule has 0 amide bonds. The number of hydrogen-bond donors (Lipinski definition) is 1. The Morgan fingerprint density at radius 1 is 1.04 bits per heavy atom. The largest absolute Gasteiger partial charge is 0.268 e. The molecular formula is C18H14N6O. The standard InChI is InChI=1S/C18H14N6O/c1-12-6-2-5-9-15(12)24-17(11-10-16-20-22-23-21-16)19-14-8-4-3-7-13(14)18(24)25/h2-11H,1H3,(H,20,21,22,23)/b11-10+. The molecule has 0 fully saturated rings. The molecule has 0 aliphatic rings. The number of aromatic nitrogens is 6. The summed E-state index contributed by atoms with van der Waals surface area (Å²) in [6.45, 7) is 1.96. The van der Waals surface area contributed by atoms with Crippen LogP contribution in [0.25, 0.3) is 28.7 Å². The van der Waals surface area contributed by atoms with Gasteiger partial charge in [0.15, 0.2) is 5.82 Å². The molecule has 7 heteroatoms. The topological polar surface area (TPSA) is 89.3 Å². The van der Waals surface area contributed by atoms with E-state index in [9.17, 15) is 4.79 Å². The summed E-state index contributed by atoms with van der Waals surface area (Å²) in [5, 5.41) is 14.3. The minimum Gasteiger partial charge on any atom is -0.268 e. The summed E-state index contributed by atoms with van der Waals surface area (Å²) in [5.74, 6) is 0.918. The summed E-state index contributed by atoms with van der Waals surface area (Å²) in [5.41, 5.74) is 2.30. The van der Waals surface area contributed by atoms with E-state index in [0.717, 1.165) is 11.3 Å². The highest BCUT2D eigenvalue weighted by molar-refractivity contribution is 5.79. The average Bonchev–Trinajstić information content (AvgIpc) is 3.15. The van der Waals surface area contributed by atoms with E-state index >= 15 is 0 Å². The molecule has 0 saturated carbocycles. The predicted octanol–water partition coefficient (Wildman–Crippen LogP) is 2.38. The van der Waals surface area contributed by atoms with Crippen molar-refractivity contribution in [1.82, 2.24) is 30.2 Å². The van der Waals surface area contributed by atoms with Crippen molar-refractivity contribution < 1.29 is 0 Å². The fourth-order valence-electron chi connectivity index (χ4n) is 2.70.